The number of amides is 1. The maximum absolute atomic E-state index is 12.3. The van der Waals surface area contributed by atoms with E-state index in [9.17, 15) is 9.90 Å². The summed E-state index contributed by atoms with van der Waals surface area (Å²) in [6, 6.07) is 0. The third-order valence-electron chi connectivity index (χ3n) is 11.5. The van der Waals surface area contributed by atoms with Gasteiger partial charge in [-0.2, -0.15) is 0 Å². The molecule has 5 N–H and O–H groups in total. The number of unbranched alkanes of at least 4 members (excludes halogenated alkanes) is 1. The van der Waals surface area contributed by atoms with E-state index >= 15 is 0 Å². The maximum atomic E-state index is 12.3. The van der Waals surface area contributed by atoms with Crippen LogP contribution in [0.5, 0.6) is 0 Å². The van der Waals surface area contributed by atoms with Crippen molar-refractivity contribution < 1.29 is 14.6 Å². The lowest BCUT2D eigenvalue weighted by Crippen LogP contribution is -2.54. The minimum atomic E-state index is -0.265. The third-order valence-corrected chi connectivity index (χ3v) is 11.5. The van der Waals surface area contributed by atoms with Crippen molar-refractivity contribution in [1.82, 2.24) is 10.6 Å². The Morgan fingerprint density at radius 3 is 2.53 bits per heavy atom. The van der Waals surface area contributed by atoms with Crippen molar-refractivity contribution in [2.45, 2.75) is 104 Å². The highest BCUT2D eigenvalue weighted by atomic mass is 16.5. The number of fused-ring (bicyclic) bond motifs is 5. The first-order chi connectivity index (χ1) is 17.3. The average Bonchev–Trinajstić information content (AvgIpc) is 3.22. The lowest BCUT2D eigenvalue weighted by molar-refractivity contribution is -0.130. The first-order valence-electron chi connectivity index (χ1n) is 15.3. The maximum Gasteiger partial charge on any atom is 0.407 e. The molecule has 4 rings (SSSR count). The zero-order valence-corrected chi connectivity index (χ0v) is 23.4. The van der Waals surface area contributed by atoms with Gasteiger partial charge in [-0.3, -0.25) is 0 Å². The van der Waals surface area contributed by atoms with Gasteiger partial charge in [0.1, 0.15) is 0 Å². The van der Waals surface area contributed by atoms with Crippen LogP contribution in [0.2, 0.25) is 0 Å². The Hall–Kier alpha value is -0.850. The molecule has 0 aromatic heterocycles. The first kappa shape index (κ1) is 28.2. The molecule has 3 unspecified atom stereocenters. The standard InChI is InChI=1S/C30H55N3O3/c1-21(20-36-28(35)33-18-6-17-32-16-5-4-15-31)25-9-10-26-24-8-7-22-19-23(34)11-13-29(22,2)27(24)12-14-30(25,26)3/h21-27,32,34H,4-20,31H2,1-3H3,(H,33,35)/t21-,22-,23-,24?,25-,26?,27?,29+,30-/m1/s1. The SMILES string of the molecule is C[C@H](COC(=O)NCCCNCCCCN)[C@H]1CCC2C3CC[C@@H]4C[C@H](O)CC[C@]4(C)C3CC[C@@]21C. The molecule has 6 nitrogen and oxygen atoms in total. The number of carbonyl (C=O) groups excluding carboxylic acids is 1. The normalized spacial score (nSPS) is 40.6. The van der Waals surface area contributed by atoms with Crippen LogP contribution in [-0.2, 0) is 4.74 Å². The molecule has 0 saturated heterocycles. The van der Waals surface area contributed by atoms with E-state index in [1.807, 2.05) is 0 Å². The number of nitrogens with two attached hydrogens (primary N) is 1. The Balaban J connectivity index is 1.22. The molecule has 208 valence electrons. The average molecular weight is 506 g/mol. The van der Waals surface area contributed by atoms with E-state index in [-0.39, 0.29) is 12.2 Å². The van der Waals surface area contributed by atoms with Crippen LogP contribution in [-0.4, -0.2) is 50.1 Å². The van der Waals surface area contributed by atoms with Crippen molar-refractivity contribution in [2.24, 2.45) is 52.1 Å². The fourth-order valence-electron chi connectivity index (χ4n) is 9.51. The summed E-state index contributed by atoms with van der Waals surface area (Å²) >= 11 is 0. The van der Waals surface area contributed by atoms with Gasteiger partial charge in [0.15, 0.2) is 0 Å². The van der Waals surface area contributed by atoms with E-state index in [2.05, 4.69) is 31.4 Å². The molecule has 4 aliphatic carbocycles. The molecule has 4 aliphatic rings. The summed E-state index contributed by atoms with van der Waals surface area (Å²) in [6.07, 6.45) is 14.0. The molecule has 0 spiro atoms. The number of carbonyl (C=O) groups is 1. The second-order valence-corrected chi connectivity index (χ2v) is 13.4. The van der Waals surface area contributed by atoms with E-state index in [1.54, 1.807) is 0 Å². The van der Waals surface area contributed by atoms with Crippen LogP contribution < -0.4 is 16.4 Å². The molecular weight excluding hydrogens is 450 g/mol. The van der Waals surface area contributed by atoms with Gasteiger partial charge in [0, 0.05) is 6.54 Å². The molecule has 9 atom stereocenters. The predicted molar refractivity (Wildman–Crippen MR) is 146 cm³/mol. The van der Waals surface area contributed by atoms with E-state index in [1.165, 1.54) is 44.9 Å². The Labute approximate surface area is 220 Å². The largest absolute Gasteiger partial charge is 0.449 e. The van der Waals surface area contributed by atoms with Gasteiger partial charge < -0.3 is 26.2 Å². The topological polar surface area (TPSA) is 96.6 Å². The summed E-state index contributed by atoms with van der Waals surface area (Å²) in [7, 11) is 0. The molecule has 0 aromatic carbocycles. The van der Waals surface area contributed by atoms with Crippen molar-refractivity contribution in [2.75, 3.05) is 32.8 Å². The van der Waals surface area contributed by atoms with Crippen LogP contribution in [0.15, 0.2) is 0 Å². The minimum absolute atomic E-state index is 0.0643. The predicted octanol–water partition coefficient (Wildman–Crippen LogP) is 5.09. The minimum Gasteiger partial charge on any atom is -0.449 e. The van der Waals surface area contributed by atoms with E-state index < -0.39 is 0 Å². The number of hydrogen-bond acceptors (Lipinski definition) is 5. The number of nitrogens with one attached hydrogen (secondary N) is 2. The van der Waals surface area contributed by atoms with E-state index in [0.717, 1.165) is 75.4 Å². The second-order valence-electron chi connectivity index (χ2n) is 13.4. The Kier molecular flexibility index (Phi) is 9.65. The lowest BCUT2D eigenvalue weighted by atomic mass is 9.44. The number of alkyl carbamates (subject to hydrolysis) is 1. The Morgan fingerprint density at radius 2 is 1.72 bits per heavy atom. The number of ether oxygens (including phenoxy) is 1. The van der Waals surface area contributed by atoms with Crippen molar-refractivity contribution >= 4 is 6.09 Å². The van der Waals surface area contributed by atoms with Crippen LogP contribution in [0, 0.1) is 46.3 Å². The van der Waals surface area contributed by atoms with Crippen molar-refractivity contribution in [3.8, 4) is 0 Å². The van der Waals surface area contributed by atoms with Gasteiger partial charge >= 0.3 is 6.09 Å². The number of hydrogen-bond donors (Lipinski definition) is 4. The molecule has 0 bridgehead atoms. The fourth-order valence-corrected chi connectivity index (χ4v) is 9.51. The summed E-state index contributed by atoms with van der Waals surface area (Å²) < 4.78 is 5.70. The van der Waals surface area contributed by atoms with Gasteiger partial charge in [-0.05, 0) is 143 Å². The van der Waals surface area contributed by atoms with Crippen LogP contribution in [0.3, 0.4) is 0 Å². The molecular formula is C30H55N3O3. The molecule has 6 heteroatoms. The molecule has 0 aromatic rings. The summed E-state index contributed by atoms with van der Waals surface area (Å²) in [6.45, 7) is 11.3. The van der Waals surface area contributed by atoms with Gasteiger partial charge in [-0.1, -0.05) is 20.8 Å². The third kappa shape index (κ3) is 5.91. The summed E-state index contributed by atoms with van der Waals surface area (Å²) in [4.78, 5) is 12.3. The van der Waals surface area contributed by atoms with Gasteiger partial charge in [0.2, 0.25) is 0 Å². The molecule has 4 fully saturated rings. The van der Waals surface area contributed by atoms with Gasteiger partial charge in [0.05, 0.1) is 12.7 Å². The van der Waals surface area contributed by atoms with E-state index in [0.29, 0.717) is 35.8 Å². The molecule has 0 aliphatic heterocycles. The summed E-state index contributed by atoms with van der Waals surface area (Å²) in [5.74, 6) is 4.29. The fraction of sp³-hybridized carbons (Fsp3) is 0.967. The Bertz CT molecular complexity index is 720. The highest BCUT2D eigenvalue weighted by molar-refractivity contribution is 5.67. The van der Waals surface area contributed by atoms with Crippen LogP contribution in [0.1, 0.15) is 97.8 Å². The van der Waals surface area contributed by atoms with Crippen molar-refractivity contribution in [3.05, 3.63) is 0 Å². The molecule has 1 amide bonds. The van der Waals surface area contributed by atoms with Gasteiger partial charge in [0.25, 0.3) is 0 Å². The number of rotatable bonds is 11. The molecule has 36 heavy (non-hydrogen) atoms. The lowest BCUT2D eigenvalue weighted by Gasteiger charge is -2.61. The zero-order chi connectivity index (χ0) is 25.8. The smallest absolute Gasteiger partial charge is 0.407 e. The van der Waals surface area contributed by atoms with Gasteiger partial charge in [-0.25, -0.2) is 4.79 Å². The highest BCUT2D eigenvalue weighted by Crippen LogP contribution is 2.68. The summed E-state index contributed by atoms with van der Waals surface area (Å²) in [5, 5.41) is 16.6. The monoisotopic (exact) mass is 505 g/mol. The van der Waals surface area contributed by atoms with Crippen molar-refractivity contribution in [3.63, 3.8) is 0 Å². The number of aliphatic hydroxyl groups is 1. The molecule has 0 heterocycles. The molecule has 4 saturated carbocycles. The van der Waals surface area contributed by atoms with Crippen LogP contribution in [0.4, 0.5) is 4.79 Å². The van der Waals surface area contributed by atoms with Crippen molar-refractivity contribution in [1.29, 1.82) is 0 Å². The van der Waals surface area contributed by atoms with Gasteiger partial charge in [-0.15, -0.1) is 0 Å². The van der Waals surface area contributed by atoms with Crippen LogP contribution in [0.25, 0.3) is 0 Å². The Morgan fingerprint density at radius 1 is 0.972 bits per heavy atom. The summed E-state index contributed by atoms with van der Waals surface area (Å²) in [5.41, 5.74) is 6.33. The highest BCUT2D eigenvalue weighted by Gasteiger charge is 2.60. The van der Waals surface area contributed by atoms with Crippen LogP contribution >= 0.6 is 0 Å². The molecule has 0 radical (unpaired) electrons. The van der Waals surface area contributed by atoms with E-state index in [4.69, 9.17) is 10.5 Å². The second kappa shape index (κ2) is 12.3. The number of aliphatic hydroxyl groups excluding tert-OH is 1. The first-order valence-corrected chi connectivity index (χ1v) is 15.3. The zero-order valence-electron chi connectivity index (χ0n) is 23.4. The quantitative estimate of drug-likeness (QED) is 0.293.